The van der Waals surface area contributed by atoms with Crippen LogP contribution in [0.2, 0.25) is 5.02 Å². The van der Waals surface area contributed by atoms with Crippen molar-refractivity contribution in [2.75, 3.05) is 24.4 Å². The number of carbonyl (C=O) groups excluding carboxylic acids is 2. The topological polar surface area (TPSA) is 83.0 Å². The summed E-state index contributed by atoms with van der Waals surface area (Å²) in [6.45, 7) is -0.705. The molecule has 2 N–H and O–H groups in total. The van der Waals surface area contributed by atoms with Crippen LogP contribution in [0.1, 0.15) is 6.42 Å². The second-order valence-corrected chi connectivity index (χ2v) is 9.61. The first-order valence-corrected chi connectivity index (χ1v) is 12.4. The van der Waals surface area contributed by atoms with Crippen molar-refractivity contribution in [1.29, 1.82) is 0 Å². The van der Waals surface area contributed by atoms with E-state index in [2.05, 4.69) is 15.6 Å². The first-order valence-electron chi connectivity index (χ1n) is 11.1. The standard InChI is InChI=1S/C25H18ClF5N4O3S/c1-38-15-8-6-13(7-9-15)33-24(37)16-10-17(36)35(25(39-16)34-14-4-2-12(26)3-5-14)11-32-23-21(30)19(28)18(27)20(29)22(23)31/h2-9,16,32H,10-11H2,1H3,(H,33,37)/t16-/m1/s1. The van der Waals surface area contributed by atoms with E-state index in [9.17, 15) is 31.5 Å². The molecule has 0 aromatic heterocycles. The average molecular weight is 585 g/mol. The summed E-state index contributed by atoms with van der Waals surface area (Å²) in [5.74, 6) is -11.4. The van der Waals surface area contributed by atoms with E-state index in [1.165, 1.54) is 31.4 Å². The number of hydrogen-bond acceptors (Lipinski definition) is 6. The number of carbonyl (C=O) groups is 2. The van der Waals surface area contributed by atoms with Gasteiger partial charge < -0.3 is 15.4 Å². The quantitative estimate of drug-likeness (QED) is 0.200. The fourth-order valence-electron chi connectivity index (χ4n) is 3.44. The van der Waals surface area contributed by atoms with Gasteiger partial charge in [-0.2, -0.15) is 0 Å². The van der Waals surface area contributed by atoms with Gasteiger partial charge in [0.2, 0.25) is 17.6 Å². The summed E-state index contributed by atoms with van der Waals surface area (Å²) in [6, 6.07) is 12.6. The van der Waals surface area contributed by atoms with Crippen molar-refractivity contribution in [3.05, 3.63) is 82.6 Å². The molecule has 3 aromatic carbocycles. The number of benzene rings is 3. The number of thioether (sulfide) groups is 1. The van der Waals surface area contributed by atoms with Crippen molar-refractivity contribution >= 4 is 57.4 Å². The first-order chi connectivity index (χ1) is 18.6. The average Bonchev–Trinajstić information content (AvgIpc) is 2.93. The molecular weight excluding hydrogens is 567 g/mol. The molecule has 1 fully saturated rings. The molecule has 0 saturated carbocycles. The lowest BCUT2D eigenvalue weighted by molar-refractivity contribution is -0.129. The van der Waals surface area contributed by atoms with Gasteiger partial charge in [0, 0.05) is 17.1 Å². The third-order valence-electron chi connectivity index (χ3n) is 5.46. The highest BCUT2D eigenvalue weighted by molar-refractivity contribution is 8.15. The van der Waals surface area contributed by atoms with Crippen molar-refractivity contribution in [3.8, 4) is 5.75 Å². The Labute approximate surface area is 228 Å². The molecule has 2 amide bonds. The molecule has 3 aromatic rings. The van der Waals surface area contributed by atoms with Crippen LogP contribution in [0.3, 0.4) is 0 Å². The monoisotopic (exact) mass is 584 g/mol. The van der Waals surface area contributed by atoms with Crippen LogP contribution in [-0.2, 0) is 9.59 Å². The predicted octanol–water partition coefficient (Wildman–Crippen LogP) is 6.07. The lowest BCUT2D eigenvalue weighted by Crippen LogP contribution is -2.47. The fourth-order valence-corrected chi connectivity index (χ4v) is 4.66. The Kier molecular flexibility index (Phi) is 8.60. The molecule has 1 aliphatic rings. The van der Waals surface area contributed by atoms with E-state index in [0.29, 0.717) is 22.1 Å². The summed E-state index contributed by atoms with van der Waals surface area (Å²) in [6.07, 6.45) is -0.342. The van der Waals surface area contributed by atoms with Crippen molar-refractivity contribution in [3.63, 3.8) is 0 Å². The zero-order valence-corrected chi connectivity index (χ0v) is 21.5. The molecule has 39 heavy (non-hydrogen) atoms. The van der Waals surface area contributed by atoms with Gasteiger partial charge in [0.1, 0.15) is 16.7 Å². The molecular formula is C25H18ClF5N4O3S. The summed E-state index contributed by atoms with van der Waals surface area (Å²) < 4.78 is 74.1. The normalized spacial score (nSPS) is 16.4. The molecule has 4 rings (SSSR count). The van der Waals surface area contributed by atoms with Crippen LogP contribution in [0.25, 0.3) is 0 Å². The largest absolute Gasteiger partial charge is 0.497 e. The zero-order valence-electron chi connectivity index (χ0n) is 19.9. The molecule has 1 saturated heterocycles. The van der Waals surface area contributed by atoms with E-state index in [1.54, 1.807) is 24.3 Å². The van der Waals surface area contributed by atoms with Gasteiger partial charge in [-0.05, 0) is 48.5 Å². The minimum atomic E-state index is -2.31. The zero-order chi connectivity index (χ0) is 28.3. The van der Waals surface area contributed by atoms with Gasteiger partial charge in [0.05, 0.1) is 19.5 Å². The lowest BCUT2D eigenvalue weighted by atomic mass is 10.2. The van der Waals surface area contributed by atoms with E-state index in [0.717, 1.165) is 16.7 Å². The van der Waals surface area contributed by atoms with Crippen LogP contribution in [0.5, 0.6) is 5.75 Å². The highest BCUT2D eigenvalue weighted by Crippen LogP contribution is 2.32. The summed E-state index contributed by atoms with van der Waals surface area (Å²) >= 11 is 6.78. The molecule has 0 bridgehead atoms. The van der Waals surface area contributed by atoms with Gasteiger partial charge in [-0.1, -0.05) is 23.4 Å². The molecule has 0 radical (unpaired) electrons. The molecule has 1 heterocycles. The molecule has 1 aliphatic heterocycles. The van der Waals surface area contributed by atoms with Gasteiger partial charge in [-0.15, -0.1) is 0 Å². The smallest absolute Gasteiger partial charge is 0.238 e. The number of amidine groups is 1. The summed E-state index contributed by atoms with van der Waals surface area (Å²) in [7, 11) is 1.49. The van der Waals surface area contributed by atoms with E-state index < -0.39 is 58.5 Å². The number of nitrogens with zero attached hydrogens (tertiary/aromatic N) is 2. The Morgan fingerprint density at radius 2 is 1.59 bits per heavy atom. The predicted molar refractivity (Wildman–Crippen MR) is 138 cm³/mol. The summed E-state index contributed by atoms with van der Waals surface area (Å²) in [4.78, 5) is 31.3. The maximum Gasteiger partial charge on any atom is 0.238 e. The molecule has 1 atom stereocenters. The molecule has 7 nitrogen and oxygen atoms in total. The Morgan fingerprint density at radius 3 is 2.18 bits per heavy atom. The summed E-state index contributed by atoms with van der Waals surface area (Å²) in [5.41, 5.74) is -0.540. The number of anilines is 2. The van der Waals surface area contributed by atoms with Crippen molar-refractivity contribution < 1.29 is 36.3 Å². The number of rotatable bonds is 7. The van der Waals surface area contributed by atoms with Crippen LogP contribution >= 0.6 is 23.4 Å². The third kappa shape index (κ3) is 6.25. The highest BCUT2D eigenvalue weighted by Gasteiger charge is 2.36. The number of ether oxygens (including phenoxy) is 1. The van der Waals surface area contributed by atoms with Gasteiger partial charge in [0.25, 0.3) is 0 Å². The Bertz CT molecular complexity index is 1410. The van der Waals surface area contributed by atoms with Gasteiger partial charge >= 0.3 is 0 Å². The van der Waals surface area contributed by atoms with Crippen molar-refractivity contribution in [2.24, 2.45) is 4.99 Å². The molecule has 0 aliphatic carbocycles. The number of halogens is 6. The van der Waals surface area contributed by atoms with E-state index in [1.807, 2.05) is 0 Å². The molecule has 0 spiro atoms. The Morgan fingerprint density at radius 1 is 1.00 bits per heavy atom. The second kappa shape index (κ2) is 11.9. The maximum atomic E-state index is 14.2. The van der Waals surface area contributed by atoms with Gasteiger partial charge in [0.15, 0.2) is 28.4 Å². The SMILES string of the molecule is COc1ccc(NC(=O)[C@H]2CC(=O)N(CNc3c(F)c(F)c(F)c(F)c3F)C(=Nc3ccc(Cl)cc3)S2)cc1. The molecule has 14 heteroatoms. The van der Waals surface area contributed by atoms with Crippen LogP contribution in [0, 0.1) is 29.1 Å². The summed E-state index contributed by atoms with van der Waals surface area (Å²) in [5, 5.41) is 4.19. The van der Waals surface area contributed by atoms with E-state index in [4.69, 9.17) is 16.3 Å². The van der Waals surface area contributed by atoms with Gasteiger partial charge in [-0.3, -0.25) is 14.5 Å². The van der Waals surface area contributed by atoms with Crippen molar-refractivity contribution in [2.45, 2.75) is 11.7 Å². The van der Waals surface area contributed by atoms with Crippen molar-refractivity contribution in [1.82, 2.24) is 4.90 Å². The fraction of sp³-hybridized carbons (Fsp3) is 0.160. The van der Waals surface area contributed by atoms with Gasteiger partial charge in [-0.25, -0.2) is 26.9 Å². The molecule has 204 valence electrons. The van der Waals surface area contributed by atoms with Crippen LogP contribution in [0.4, 0.5) is 39.0 Å². The number of methoxy groups -OCH3 is 1. The van der Waals surface area contributed by atoms with E-state index >= 15 is 0 Å². The maximum absolute atomic E-state index is 14.2. The lowest BCUT2D eigenvalue weighted by Gasteiger charge is -2.32. The molecule has 0 unspecified atom stereocenters. The highest BCUT2D eigenvalue weighted by atomic mass is 35.5. The van der Waals surface area contributed by atoms with Crippen LogP contribution in [0.15, 0.2) is 53.5 Å². The Hall–Kier alpha value is -3.84. The van der Waals surface area contributed by atoms with E-state index in [-0.39, 0.29) is 11.6 Å². The number of amides is 2. The van der Waals surface area contributed by atoms with Crippen LogP contribution < -0.4 is 15.4 Å². The minimum absolute atomic E-state index is 0.0557. The number of aliphatic imine (C=N–C) groups is 1. The first kappa shape index (κ1) is 28.2. The van der Waals surface area contributed by atoms with Crippen LogP contribution in [-0.4, -0.2) is 40.9 Å². The number of nitrogens with one attached hydrogen (secondary N) is 2. The third-order valence-corrected chi connectivity index (χ3v) is 6.90. The minimum Gasteiger partial charge on any atom is -0.497 e. The Balaban J connectivity index is 1.59. The number of hydrogen-bond donors (Lipinski definition) is 2. The second-order valence-electron chi connectivity index (χ2n) is 8.00.